The number of pyridine rings is 2. The number of benzene rings is 2. The summed E-state index contributed by atoms with van der Waals surface area (Å²) in [6, 6.07) is 22.5. The van der Waals surface area contributed by atoms with Gasteiger partial charge in [0.25, 0.3) is 5.56 Å². The fourth-order valence-electron chi connectivity index (χ4n) is 4.13. The van der Waals surface area contributed by atoms with Gasteiger partial charge >= 0.3 is 0 Å². The molecule has 0 saturated carbocycles. The molecule has 0 aliphatic carbocycles. The van der Waals surface area contributed by atoms with E-state index in [1.165, 1.54) is 10.8 Å². The van der Waals surface area contributed by atoms with E-state index in [-0.39, 0.29) is 5.56 Å². The predicted octanol–water partition coefficient (Wildman–Crippen LogP) is 5.48. The Hall–Kier alpha value is -4.62. The average molecular weight is 491 g/mol. The molecule has 4 aromatic heterocycles. The van der Waals surface area contributed by atoms with E-state index in [1.54, 1.807) is 30.6 Å². The van der Waals surface area contributed by atoms with Crippen molar-refractivity contribution in [2.24, 2.45) is 0 Å². The number of aromatic amines is 1. The molecule has 36 heavy (non-hydrogen) atoms. The first-order chi connectivity index (χ1) is 17.7. The fourth-order valence-corrected chi connectivity index (χ4v) is 4.24. The molecular weight excluding hydrogens is 472 g/mol. The van der Waals surface area contributed by atoms with Gasteiger partial charge in [-0.3, -0.25) is 9.78 Å². The van der Waals surface area contributed by atoms with E-state index in [0.717, 1.165) is 34.6 Å². The Kier molecular flexibility index (Phi) is 5.59. The number of para-hydroxylation sites is 1. The van der Waals surface area contributed by atoms with Gasteiger partial charge in [-0.2, -0.15) is 0 Å². The van der Waals surface area contributed by atoms with Gasteiger partial charge in [-0.25, -0.2) is 19.5 Å². The van der Waals surface area contributed by atoms with Gasteiger partial charge in [0, 0.05) is 48.0 Å². The first-order valence-electron chi connectivity index (χ1n) is 11.3. The van der Waals surface area contributed by atoms with Crippen molar-refractivity contribution in [3.05, 3.63) is 124 Å². The van der Waals surface area contributed by atoms with Gasteiger partial charge in [0.1, 0.15) is 17.5 Å². The maximum absolute atomic E-state index is 13.5. The average Bonchev–Trinajstić information content (AvgIpc) is 3.38. The van der Waals surface area contributed by atoms with Crippen LogP contribution in [0.5, 0.6) is 0 Å². The van der Waals surface area contributed by atoms with Crippen LogP contribution in [-0.4, -0.2) is 29.5 Å². The lowest BCUT2D eigenvalue weighted by atomic mass is 10.1. The van der Waals surface area contributed by atoms with E-state index in [0.29, 0.717) is 27.6 Å². The van der Waals surface area contributed by atoms with Crippen molar-refractivity contribution in [1.82, 2.24) is 29.5 Å². The first-order valence-corrected chi connectivity index (χ1v) is 11.7. The van der Waals surface area contributed by atoms with Crippen LogP contribution >= 0.6 is 11.6 Å². The van der Waals surface area contributed by atoms with Crippen molar-refractivity contribution in [3.63, 3.8) is 0 Å². The summed E-state index contributed by atoms with van der Waals surface area (Å²) < 4.78 is 1.52. The Morgan fingerprint density at radius 1 is 0.833 bits per heavy atom. The molecule has 0 saturated heterocycles. The Labute approximate surface area is 211 Å². The van der Waals surface area contributed by atoms with E-state index in [9.17, 15) is 4.79 Å². The molecular formula is C28H19ClN6O. The Morgan fingerprint density at radius 2 is 1.61 bits per heavy atom. The minimum atomic E-state index is -0.193. The smallest absolute Gasteiger partial charge is 0.267 e. The molecule has 6 aromatic rings. The third-order valence-electron chi connectivity index (χ3n) is 5.91. The summed E-state index contributed by atoms with van der Waals surface area (Å²) in [7, 11) is 0. The highest BCUT2D eigenvalue weighted by molar-refractivity contribution is 6.30. The summed E-state index contributed by atoms with van der Waals surface area (Å²) in [5.41, 5.74) is 4.31. The number of hydrogen-bond acceptors (Lipinski definition) is 5. The largest absolute Gasteiger partial charge is 0.342 e. The van der Waals surface area contributed by atoms with E-state index < -0.39 is 0 Å². The fraction of sp³-hybridized carbons (Fsp3) is 0.0357. The number of fused-ring (bicyclic) bond motifs is 1. The number of halogens is 1. The number of hydrogen-bond donors (Lipinski definition) is 1. The summed E-state index contributed by atoms with van der Waals surface area (Å²) in [5, 5.41) is 1.01. The van der Waals surface area contributed by atoms with Gasteiger partial charge in [-0.15, -0.1) is 0 Å². The van der Waals surface area contributed by atoms with Crippen molar-refractivity contribution in [3.8, 4) is 28.6 Å². The van der Waals surface area contributed by atoms with Crippen molar-refractivity contribution in [1.29, 1.82) is 0 Å². The molecule has 0 bridgehead atoms. The molecule has 0 amide bonds. The number of nitrogens with one attached hydrogen (secondary N) is 1. The molecule has 2 aromatic carbocycles. The normalized spacial score (nSPS) is 11.1. The zero-order valence-electron chi connectivity index (χ0n) is 19.0. The molecule has 0 aliphatic rings. The van der Waals surface area contributed by atoms with Crippen LogP contribution in [0.3, 0.4) is 0 Å². The number of imidazole rings is 1. The maximum atomic E-state index is 13.5. The van der Waals surface area contributed by atoms with Crippen LogP contribution in [0.4, 0.5) is 0 Å². The molecule has 4 heterocycles. The molecule has 7 nitrogen and oxygen atoms in total. The molecule has 174 valence electrons. The maximum Gasteiger partial charge on any atom is 0.267 e. The SMILES string of the molecule is O=c1c2ccccc2nc(-c2ccc(-c3ncc(Cc4ccncc4)[nH]3)cc2)n1-c1ccc(Cl)cn1. The first kappa shape index (κ1) is 21.9. The summed E-state index contributed by atoms with van der Waals surface area (Å²) >= 11 is 6.04. The number of H-pyrrole nitrogens is 1. The quantitative estimate of drug-likeness (QED) is 0.346. The van der Waals surface area contributed by atoms with Crippen molar-refractivity contribution in [2.45, 2.75) is 6.42 Å². The number of aromatic nitrogens is 6. The van der Waals surface area contributed by atoms with Crippen LogP contribution in [0, 0.1) is 0 Å². The lowest BCUT2D eigenvalue weighted by Gasteiger charge is -2.13. The van der Waals surface area contributed by atoms with E-state index in [1.807, 2.05) is 60.8 Å². The van der Waals surface area contributed by atoms with Crippen LogP contribution in [0.25, 0.3) is 39.5 Å². The Balaban J connectivity index is 1.39. The Morgan fingerprint density at radius 3 is 2.39 bits per heavy atom. The molecule has 8 heteroatoms. The minimum Gasteiger partial charge on any atom is -0.342 e. The van der Waals surface area contributed by atoms with Crippen molar-refractivity contribution >= 4 is 22.5 Å². The number of nitrogens with zero attached hydrogens (tertiary/aromatic N) is 5. The molecule has 6 rings (SSSR count). The van der Waals surface area contributed by atoms with Crippen LogP contribution in [0.15, 0.2) is 102 Å². The highest BCUT2D eigenvalue weighted by Gasteiger charge is 2.16. The molecule has 0 aliphatic heterocycles. The predicted molar refractivity (Wildman–Crippen MR) is 140 cm³/mol. The van der Waals surface area contributed by atoms with Crippen LogP contribution in [0.2, 0.25) is 5.02 Å². The minimum absolute atomic E-state index is 0.193. The molecule has 0 unspecified atom stereocenters. The highest BCUT2D eigenvalue weighted by Crippen LogP contribution is 2.25. The summed E-state index contributed by atoms with van der Waals surface area (Å²) in [4.78, 5) is 34.7. The molecule has 0 spiro atoms. The summed E-state index contributed by atoms with van der Waals surface area (Å²) in [6.07, 6.45) is 7.68. The third-order valence-corrected chi connectivity index (χ3v) is 6.13. The second kappa shape index (κ2) is 9.20. The van der Waals surface area contributed by atoms with E-state index in [2.05, 4.69) is 19.9 Å². The molecule has 0 atom stereocenters. The number of rotatable bonds is 5. The van der Waals surface area contributed by atoms with Gasteiger partial charge in [0.05, 0.1) is 15.9 Å². The lowest BCUT2D eigenvalue weighted by Crippen LogP contribution is -2.22. The molecule has 0 fully saturated rings. The standard InChI is InChI=1S/C28H19ClN6O/c29-21-9-10-25(31-16-21)35-27(34-24-4-2-1-3-23(24)28(35)36)20-7-5-19(6-8-20)26-32-17-22(33-26)15-18-11-13-30-14-12-18/h1-14,16-17H,15H2,(H,32,33). The lowest BCUT2D eigenvalue weighted by molar-refractivity contribution is 0.932. The molecule has 0 radical (unpaired) electrons. The zero-order valence-corrected chi connectivity index (χ0v) is 19.7. The zero-order chi connectivity index (χ0) is 24.5. The third kappa shape index (κ3) is 4.16. The summed E-state index contributed by atoms with van der Waals surface area (Å²) in [5.74, 6) is 1.72. The van der Waals surface area contributed by atoms with Gasteiger partial charge in [0.2, 0.25) is 0 Å². The second-order valence-electron chi connectivity index (χ2n) is 8.29. The monoisotopic (exact) mass is 490 g/mol. The second-order valence-corrected chi connectivity index (χ2v) is 8.73. The molecule has 1 N–H and O–H groups in total. The highest BCUT2D eigenvalue weighted by atomic mass is 35.5. The van der Waals surface area contributed by atoms with Crippen molar-refractivity contribution < 1.29 is 0 Å². The van der Waals surface area contributed by atoms with E-state index >= 15 is 0 Å². The topological polar surface area (TPSA) is 89.4 Å². The summed E-state index contributed by atoms with van der Waals surface area (Å²) in [6.45, 7) is 0. The van der Waals surface area contributed by atoms with Crippen LogP contribution < -0.4 is 5.56 Å². The van der Waals surface area contributed by atoms with Gasteiger partial charge < -0.3 is 4.98 Å². The van der Waals surface area contributed by atoms with Gasteiger partial charge in [-0.1, -0.05) is 48.0 Å². The van der Waals surface area contributed by atoms with E-state index in [4.69, 9.17) is 16.6 Å². The Bertz CT molecular complexity index is 1730. The van der Waals surface area contributed by atoms with Crippen LogP contribution in [-0.2, 0) is 6.42 Å². The van der Waals surface area contributed by atoms with Crippen LogP contribution in [0.1, 0.15) is 11.3 Å². The van der Waals surface area contributed by atoms with Crippen molar-refractivity contribution in [2.75, 3.05) is 0 Å². The van der Waals surface area contributed by atoms with Gasteiger partial charge in [0.15, 0.2) is 0 Å². The van der Waals surface area contributed by atoms with Gasteiger partial charge in [-0.05, 0) is 42.0 Å².